The average Bonchev–Trinajstić information content (AvgIpc) is 3.34. The van der Waals surface area contributed by atoms with Gasteiger partial charge in [0, 0.05) is 6.42 Å². The van der Waals surface area contributed by atoms with Crippen molar-refractivity contribution in [1.29, 1.82) is 0 Å². The second-order valence-electron chi connectivity index (χ2n) is 6.43. The fourth-order valence-corrected chi connectivity index (χ4v) is 3.79. The zero-order valence-corrected chi connectivity index (χ0v) is 21.4. The Balaban J connectivity index is 0. The normalized spacial score (nSPS) is 13.6. The molecule has 2 N–H and O–H groups in total. The van der Waals surface area contributed by atoms with Crippen molar-refractivity contribution >= 4 is 21.4 Å². The van der Waals surface area contributed by atoms with Crippen LogP contribution in [0.2, 0.25) is 0 Å². The molecule has 4 rings (SSSR count). The fourth-order valence-electron chi connectivity index (χ4n) is 3.28. The molecule has 0 radical (unpaired) electrons. The van der Waals surface area contributed by atoms with Gasteiger partial charge >= 0.3 is 0 Å². The number of hydrogen-bond acceptors (Lipinski definition) is 4. The van der Waals surface area contributed by atoms with Crippen LogP contribution in [0.15, 0.2) is 94.9 Å². The zero-order valence-electron chi connectivity index (χ0n) is 20.6. The molecule has 3 aromatic rings. The highest BCUT2D eigenvalue weighted by Gasteiger charge is 2.29. The van der Waals surface area contributed by atoms with Crippen molar-refractivity contribution in [2.75, 3.05) is 5.01 Å². The second-order valence-corrected chi connectivity index (χ2v) is 7.99. The van der Waals surface area contributed by atoms with Crippen LogP contribution in [0.4, 0.5) is 5.69 Å². The number of rotatable bonds is 4. The summed E-state index contributed by atoms with van der Waals surface area (Å²) in [6.07, 6.45) is 0.769. The largest absolute Gasteiger partial charge is 0.257 e. The van der Waals surface area contributed by atoms with Crippen LogP contribution in [0.3, 0.4) is 0 Å². The standard InChI is InChI=1S/C21H19N3O2S.3C2H6.2CH4/c22-27(25,26)19-13-11-18(12-14-19)24-21(17-9-5-2-6-10-17)15-20(23-24)16-7-3-1-4-8-16;3*1-2;;/h1-14,21H,15H2,(H2,22,25,26);3*1-2H3;2*1H4. The topological polar surface area (TPSA) is 75.8 Å². The first-order chi connectivity index (χ1) is 16.0. The van der Waals surface area contributed by atoms with E-state index in [1.165, 1.54) is 12.1 Å². The maximum atomic E-state index is 11.5. The zero-order chi connectivity index (χ0) is 24.9. The van der Waals surface area contributed by atoms with Crippen LogP contribution in [0.25, 0.3) is 0 Å². The highest BCUT2D eigenvalue weighted by Crippen LogP contribution is 2.36. The number of benzene rings is 3. The van der Waals surface area contributed by atoms with Crippen molar-refractivity contribution in [2.24, 2.45) is 10.2 Å². The summed E-state index contributed by atoms with van der Waals surface area (Å²) in [5.41, 5.74) is 4.06. The van der Waals surface area contributed by atoms with Gasteiger partial charge in [-0.05, 0) is 35.4 Å². The molecule has 0 aromatic heterocycles. The van der Waals surface area contributed by atoms with Crippen molar-refractivity contribution in [2.45, 2.75) is 73.8 Å². The monoisotopic (exact) mass is 499 g/mol. The Bertz CT molecular complexity index is 1070. The molecule has 1 aliphatic heterocycles. The van der Waals surface area contributed by atoms with Crippen LogP contribution < -0.4 is 10.1 Å². The van der Waals surface area contributed by atoms with Crippen molar-refractivity contribution in [3.63, 3.8) is 0 Å². The van der Waals surface area contributed by atoms with E-state index in [2.05, 4.69) is 24.3 Å². The van der Waals surface area contributed by atoms with Gasteiger partial charge in [-0.3, -0.25) is 5.01 Å². The number of primary sulfonamides is 1. The van der Waals surface area contributed by atoms with E-state index in [0.717, 1.165) is 28.9 Å². The summed E-state index contributed by atoms with van der Waals surface area (Å²) < 4.78 is 23.0. The summed E-state index contributed by atoms with van der Waals surface area (Å²) in [6.45, 7) is 12.0. The summed E-state index contributed by atoms with van der Waals surface area (Å²) >= 11 is 0. The minimum absolute atomic E-state index is 0. The van der Waals surface area contributed by atoms with Gasteiger partial charge in [-0.15, -0.1) is 0 Å². The molecule has 1 unspecified atom stereocenters. The summed E-state index contributed by atoms with van der Waals surface area (Å²) in [5, 5.41) is 12.0. The predicted molar refractivity (Wildman–Crippen MR) is 155 cm³/mol. The molecular weight excluding hydrogens is 454 g/mol. The lowest BCUT2D eigenvalue weighted by atomic mass is 9.98. The Labute approximate surface area is 214 Å². The average molecular weight is 500 g/mol. The van der Waals surface area contributed by atoms with Crippen molar-refractivity contribution < 1.29 is 8.42 Å². The summed E-state index contributed by atoms with van der Waals surface area (Å²) in [4.78, 5) is 0.0916. The maximum Gasteiger partial charge on any atom is 0.238 e. The highest BCUT2D eigenvalue weighted by atomic mass is 32.2. The third-order valence-corrected chi connectivity index (χ3v) is 5.56. The molecular formula is C29H45N3O2S. The second kappa shape index (κ2) is 17.5. The smallest absolute Gasteiger partial charge is 0.238 e. The van der Waals surface area contributed by atoms with Gasteiger partial charge in [0.15, 0.2) is 0 Å². The van der Waals surface area contributed by atoms with Crippen molar-refractivity contribution in [3.05, 3.63) is 96.1 Å². The predicted octanol–water partition coefficient (Wildman–Crippen LogP) is 8.04. The van der Waals surface area contributed by atoms with Crippen LogP contribution in [0.5, 0.6) is 0 Å². The van der Waals surface area contributed by atoms with Gasteiger partial charge in [0.2, 0.25) is 10.0 Å². The SMILES string of the molecule is C.C.CC.CC.CC.NS(=O)(=O)c1ccc(N2N=C(c3ccccc3)CC2c2ccccc2)cc1. The van der Waals surface area contributed by atoms with E-state index in [9.17, 15) is 8.42 Å². The lowest BCUT2D eigenvalue weighted by Crippen LogP contribution is -2.19. The molecule has 1 heterocycles. The number of nitrogens with zero attached hydrogens (tertiary/aromatic N) is 2. The summed E-state index contributed by atoms with van der Waals surface area (Å²) in [7, 11) is -3.72. The number of nitrogens with two attached hydrogens (primary N) is 1. The molecule has 1 atom stereocenters. The van der Waals surface area contributed by atoms with Crippen molar-refractivity contribution in [1.82, 2.24) is 0 Å². The van der Waals surface area contributed by atoms with Gasteiger partial charge < -0.3 is 0 Å². The molecule has 194 valence electrons. The van der Waals surface area contributed by atoms with Gasteiger partial charge in [-0.25, -0.2) is 13.6 Å². The number of hydrogen-bond donors (Lipinski definition) is 1. The Hall–Kier alpha value is -2.96. The van der Waals surface area contributed by atoms with E-state index >= 15 is 0 Å². The quantitative estimate of drug-likeness (QED) is 0.394. The van der Waals surface area contributed by atoms with E-state index in [0.29, 0.717) is 0 Å². The molecule has 0 aliphatic carbocycles. The molecule has 35 heavy (non-hydrogen) atoms. The van der Waals surface area contributed by atoms with Crippen LogP contribution in [-0.2, 0) is 10.0 Å². The van der Waals surface area contributed by atoms with Gasteiger partial charge in [0.25, 0.3) is 0 Å². The number of hydrazone groups is 1. The van der Waals surface area contributed by atoms with Crippen molar-refractivity contribution in [3.8, 4) is 0 Å². The summed E-state index contributed by atoms with van der Waals surface area (Å²) in [5.74, 6) is 0. The molecule has 6 heteroatoms. The van der Waals surface area contributed by atoms with E-state index in [4.69, 9.17) is 10.2 Å². The van der Waals surface area contributed by atoms with Gasteiger partial charge in [0.1, 0.15) is 0 Å². The van der Waals surface area contributed by atoms with Crippen LogP contribution in [-0.4, -0.2) is 14.1 Å². The Morgan fingerprint density at radius 3 is 1.66 bits per heavy atom. The van der Waals surface area contributed by atoms with E-state index in [-0.39, 0.29) is 25.8 Å². The molecule has 0 bridgehead atoms. The van der Waals surface area contributed by atoms with Gasteiger partial charge in [0.05, 0.1) is 22.3 Å². The Kier molecular flexibility index (Phi) is 17.1. The van der Waals surface area contributed by atoms with Gasteiger partial charge in [-0.1, -0.05) is 117 Å². The van der Waals surface area contributed by atoms with E-state index in [1.54, 1.807) is 12.1 Å². The molecule has 0 fully saturated rings. The van der Waals surface area contributed by atoms with Crippen LogP contribution in [0, 0.1) is 0 Å². The molecule has 1 aliphatic rings. The minimum atomic E-state index is -3.72. The third-order valence-electron chi connectivity index (χ3n) is 4.63. The molecule has 0 spiro atoms. The molecule has 0 saturated carbocycles. The van der Waals surface area contributed by atoms with E-state index < -0.39 is 10.0 Å². The number of anilines is 1. The molecule has 3 aromatic carbocycles. The first-order valence-corrected chi connectivity index (χ1v) is 13.2. The minimum Gasteiger partial charge on any atom is -0.257 e. The summed E-state index contributed by atoms with van der Waals surface area (Å²) in [6, 6.07) is 26.8. The molecule has 0 saturated heterocycles. The Morgan fingerprint density at radius 1 is 0.743 bits per heavy atom. The maximum absolute atomic E-state index is 11.5. The fraction of sp³-hybridized carbons (Fsp3) is 0.345. The Morgan fingerprint density at radius 2 is 1.20 bits per heavy atom. The van der Waals surface area contributed by atoms with Crippen LogP contribution >= 0.6 is 0 Å². The molecule has 5 nitrogen and oxygen atoms in total. The first kappa shape index (κ1) is 34.2. The number of sulfonamides is 1. The van der Waals surface area contributed by atoms with Crippen LogP contribution in [0.1, 0.15) is 80.0 Å². The highest BCUT2D eigenvalue weighted by molar-refractivity contribution is 7.89. The first-order valence-electron chi connectivity index (χ1n) is 11.6. The molecule has 0 amide bonds. The van der Waals surface area contributed by atoms with Gasteiger partial charge in [-0.2, -0.15) is 5.10 Å². The lowest BCUT2D eigenvalue weighted by Gasteiger charge is -2.24. The third kappa shape index (κ3) is 9.30. The van der Waals surface area contributed by atoms with E-state index in [1.807, 2.05) is 82.9 Å². The lowest BCUT2D eigenvalue weighted by molar-refractivity contribution is 0.597.